The molecule has 2 heteroatoms. The summed E-state index contributed by atoms with van der Waals surface area (Å²) in [5.74, 6) is 0.651. The zero-order chi connectivity index (χ0) is 12.1. The van der Waals surface area contributed by atoms with Crippen molar-refractivity contribution in [1.29, 1.82) is 0 Å². The van der Waals surface area contributed by atoms with Crippen LogP contribution in [0.2, 0.25) is 0 Å². The zero-order valence-corrected chi connectivity index (χ0v) is 11.6. The van der Waals surface area contributed by atoms with E-state index in [0.717, 1.165) is 26.3 Å². The Bertz CT molecular complexity index is 126. The molecular weight excluding hydrogens is 198 g/mol. The maximum Gasteiger partial charge on any atom is 0.0591 e. The molecule has 0 aliphatic heterocycles. The Hall–Kier alpha value is -0.0800. The van der Waals surface area contributed by atoms with Crippen LogP contribution in [-0.2, 0) is 4.74 Å². The molecule has 0 rings (SSSR count). The summed E-state index contributed by atoms with van der Waals surface area (Å²) in [7, 11) is 0. The highest BCUT2D eigenvalue weighted by atomic mass is 16.5. The third kappa shape index (κ3) is 13.9. The van der Waals surface area contributed by atoms with Crippen LogP contribution >= 0.6 is 0 Å². The van der Waals surface area contributed by atoms with Gasteiger partial charge >= 0.3 is 0 Å². The van der Waals surface area contributed by atoms with E-state index >= 15 is 0 Å². The molecule has 1 N–H and O–H groups in total. The molecule has 0 unspecified atom stereocenters. The SMILES string of the molecule is CCCCCCCCNCCOCC(C)C. The van der Waals surface area contributed by atoms with Crippen molar-refractivity contribution in [1.82, 2.24) is 5.32 Å². The number of hydrogen-bond donors (Lipinski definition) is 1. The van der Waals surface area contributed by atoms with Gasteiger partial charge in [-0.15, -0.1) is 0 Å². The quantitative estimate of drug-likeness (QED) is 0.516. The minimum Gasteiger partial charge on any atom is -0.380 e. The molecule has 0 saturated heterocycles. The lowest BCUT2D eigenvalue weighted by atomic mass is 10.1. The molecule has 0 bridgehead atoms. The molecule has 0 aromatic heterocycles. The van der Waals surface area contributed by atoms with E-state index in [2.05, 4.69) is 26.1 Å². The molecule has 0 amide bonds. The summed E-state index contributed by atoms with van der Waals surface area (Å²) in [6, 6.07) is 0. The molecule has 0 aromatic carbocycles. The molecule has 0 aliphatic carbocycles. The van der Waals surface area contributed by atoms with Gasteiger partial charge in [-0.05, 0) is 18.9 Å². The van der Waals surface area contributed by atoms with Crippen molar-refractivity contribution in [2.75, 3.05) is 26.3 Å². The molecule has 2 nitrogen and oxygen atoms in total. The molecular formula is C14H31NO. The fourth-order valence-corrected chi connectivity index (χ4v) is 1.62. The molecule has 98 valence electrons. The first kappa shape index (κ1) is 15.9. The van der Waals surface area contributed by atoms with Gasteiger partial charge < -0.3 is 10.1 Å². The van der Waals surface area contributed by atoms with E-state index in [1.165, 1.54) is 38.5 Å². The molecule has 0 heterocycles. The van der Waals surface area contributed by atoms with Gasteiger partial charge in [-0.1, -0.05) is 52.9 Å². The van der Waals surface area contributed by atoms with Gasteiger partial charge in [0.1, 0.15) is 0 Å². The van der Waals surface area contributed by atoms with Gasteiger partial charge in [-0.2, -0.15) is 0 Å². The maximum atomic E-state index is 5.49. The summed E-state index contributed by atoms with van der Waals surface area (Å²) in [5, 5.41) is 3.43. The van der Waals surface area contributed by atoms with Crippen LogP contribution in [0.15, 0.2) is 0 Å². The average Bonchev–Trinajstić information content (AvgIpc) is 2.25. The molecule has 16 heavy (non-hydrogen) atoms. The van der Waals surface area contributed by atoms with Crippen LogP contribution in [0.25, 0.3) is 0 Å². The van der Waals surface area contributed by atoms with Crippen LogP contribution < -0.4 is 5.32 Å². The van der Waals surface area contributed by atoms with Gasteiger partial charge in [0.15, 0.2) is 0 Å². The van der Waals surface area contributed by atoms with Crippen molar-refractivity contribution in [3.63, 3.8) is 0 Å². The minimum atomic E-state index is 0.651. The van der Waals surface area contributed by atoms with Crippen molar-refractivity contribution in [3.05, 3.63) is 0 Å². The Morgan fingerprint density at radius 1 is 0.938 bits per heavy atom. The first-order valence-corrected chi connectivity index (χ1v) is 7.05. The summed E-state index contributed by atoms with van der Waals surface area (Å²) in [6.07, 6.45) is 8.24. The van der Waals surface area contributed by atoms with Crippen molar-refractivity contribution in [3.8, 4) is 0 Å². The summed E-state index contributed by atoms with van der Waals surface area (Å²) in [5.41, 5.74) is 0. The summed E-state index contributed by atoms with van der Waals surface area (Å²) in [6.45, 7) is 10.5. The standard InChI is InChI=1S/C14H31NO/c1-4-5-6-7-8-9-10-15-11-12-16-13-14(2)3/h14-15H,4-13H2,1-3H3. The van der Waals surface area contributed by atoms with Gasteiger partial charge in [0.25, 0.3) is 0 Å². The van der Waals surface area contributed by atoms with Crippen LogP contribution in [0.1, 0.15) is 59.3 Å². The topological polar surface area (TPSA) is 21.3 Å². The monoisotopic (exact) mass is 229 g/mol. The van der Waals surface area contributed by atoms with Crippen molar-refractivity contribution in [2.24, 2.45) is 5.92 Å². The second-order valence-corrected chi connectivity index (χ2v) is 4.99. The van der Waals surface area contributed by atoms with E-state index in [-0.39, 0.29) is 0 Å². The largest absolute Gasteiger partial charge is 0.380 e. The third-order valence-electron chi connectivity index (χ3n) is 2.58. The molecule has 0 fully saturated rings. The molecule has 0 atom stereocenters. The number of unbranched alkanes of at least 4 members (excludes halogenated alkanes) is 5. The van der Waals surface area contributed by atoms with Gasteiger partial charge in [-0.3, -0.25) is 0 Å². The van der Waals surface area contributed by atoms with E-state index < -0.39 is 0 Å². The fraction of sp³-hybridized carbons (Fsp3) is 1.00. The zero-order valence-electron chi connectivity index (χ0n) is 11.6. The van der Waals surface area contributed by atoms with Crippen LogP contribution in [-0.4, -0.2) is 26.3 Å². The molecule has 0 aromatic rings. The number of rotatable bonds is 12. The van der Waals surface area contributed by atoms with Gasteiger partial charge in [0.05, 0.1) is 6.61 Å². The van der Waals surface area contributed by atoms with E-state index in [1.807, 2.05) is 0 Å². The normalized spacial score (nSPS) is 11.2. The minimum absolute atomic E-state index is 0.651. The Labute approximate surface area is 102 Å². The predicted octanol–water partition coefficient (Wildman–Crippen LogP) is 3.61. The summed E-state index contributed by atoms with van der Waals surface area (Å²) in [4.78, 5) is 0. The maximum absolute atomic E-state index is 5.49. The predicted molar refractivity (Wildman–Crippen MR) is 71.9 cm³/mol. The van der Waals surface area contributed by atoms with Crippen LogP contribution in [0.5, 0.6) is 0 Å². The Balaban J connectivity index is 2.88. The van der Waals surface area contributed by atoms with Crippen molar-refractivity contribution < 1.29 is 4.74 Å². The van der Waals surface area contributed by atoms with Gasteiger partial charge in [0, 0.05) is 13.2 Å². The number of nitrogens with one attached hydrogen (secondary N) is 1. The summed E-state index contributed by atoms with van der Waals surface area (Å²) < 4.78 is 5.49. The second-order valence-electron chi connectivity index (χ2n) is 4.99. The summed E-state index contributed by atoms with van der Waals surface area (Å²) >= 11 is 0. The Kier molecular flexibility index (Phi) is 12.9. The highest BCUT2D eigenvalue weighted by Crippen LogP contribution is 2.03. The van der Waals surface area contributed by atoms with Crippen molar-refractivity contribution >= 4 is 0 Å². The number of ether oxygens (including phenoxy) is 1. The molecule has 0 saturated carbocycles. The molecule has 0 spiro atoms. The van der Waals surface area contributed by atoms with Crippen LogP contribution in [0, 0.1) is 5.92 Å². The first-order valence-electron chi connectivity index (χ1n) is 7.05. The highest BCUT2D eigenvalue weighted by molar-refractivity contribution is 4.49. The van der Waals surface area contributed by atoms with Gasteiger partial charge in [-0.25, -0.2) is 0 Å². The Morgan fingerprint density at radius 2 is 1.62 bits per heavy atom. The average molecular weight is 229 g/mol. The smallest absolute Gasteiger partial charge is 0.0591 e. The highest BCUT2D eigenvalue weighted by Gasteiger charge is 1.93. The lowest BCUT2D eigenvalue weighted by molar-refractivity contribution is 0.112. The van der Waals surface area contributed by atoms with E-state index in [4.69, 9.17) is 4.74 Å². The molecule has 0 radical (unpaired) electrons. The van der Waals surface area contributed by atoms with Gasteiger partial charge in [0.2, 0.25) is 0 Å². The van der Waals surface area contributed by atoms with Crippen molar-refractivity contribution in [2.45, 2.75) is 59.3 Å². The second kappa shape index (κ2) is 13.0. The van der Waals surface area contributed by atoms with E-state index in [1.54, 1.807) is 0 Å². The van der Waals surface area contributed by atoms with E-state index in [9.17, 15) is 0 Å². The molecule has 0 aliphatic rings. The van der Waals surface area contributed by atoms with Crippen LogP contribution in [0.3, 0.4) is 0 Å². The van der Waals surface area contributed by atoms with E-state index in [0.29, 0.717) is 5.92 Å². The first-order chi connectivity index (χ1) is 7.77. The lowest BCUT2D eigenvalue weighted by Gasteiger charge is -2.07. The Morgan fingerprint density at radius 3 is 2.31 bits per heavy atom. The lowest BCUT2D eigenvalue weighted by Crippen LogP contribution is -2.21. The third-order valence-corrected chi connectivity index (χ3v) is 2.58. The number of hydrogen-bond acceptors (Lipinski definition) is 2. The van der Waals surface area contributed by atoms with Crippen LogP contribution in [0.4, 0.5) is 0 Å². The fourth-order valence-electron chi connectivity index (χ4n) is 1.62.